The van der Waals surface area contributed by atoms with Crippen molar-refractivity contribution in [3.8, 4) is 6.07 Å². The molecule has 104 valence electrons. The maximum absolute atomic E-state index is 12.8. The Hall–Kier alpha value is -2.56. The molecule has 0 saturated heterocycles. The van der Waals surface area contributed by atoms with Crippen LogP contribution in [0.15, 0.2) is 24.5 Å². The number of anilines is 1. The molecule has 8 heteroatoms. The van der Waals surface area contributed by atoms with Crippen molar-refractivity contribution in [3.63, 3.8) is 0 Å². The summed E-state index contributed by atoms with van der Waals surface area (Å²) < 4.78 is 38.3. The number of rotatable bonds is 4. The normalized spacial score (nSPS) is 11.1. The van der Waals surface area contributed by atoms with E-state index in [0.29, 0.717) is 24.5 Å². The molecule has 1 aromatic heterocycles. The van der Waals surface area contributed by atoms with Crippen LogP contribution in [0.4, 0.5) is 18.9 Å². The van der Waals surface area contributed by atoms with E-state index >= 15 is 0 Å². The predicted molar refractivity (Wildman–Crippen MR) is 64.7 cm³/mol. The molecule has 20 heavy (non-hydrogen) atoms. The van der Waals surface area contributed by atoms with Crippen LogP contribution >= 0.6 is 0 Å². The highest BCUT2D eigenvalue weighted by molar-refractivity contribution is 5.53. The van der Waals surface area contributed by atoms with Crippen molar-refractivity contribution in [3.05, 3.63) is 41.5 Å². The Kier molecular flexibility index (Phi) is 3.89. The Morgan fingerprint density at radius 3 is 2.75 bits per heavy atom. The SMILES string of the molecule is N#Cc1ccc(NCCc2ncn[nH]2)cc1C(F)(F)F. The van der Waals surface area contributed by atoms with Crippen LogP contribution in [0, 0.1) is 11.3 Å². The molecule has 0 aliphatic heterocycles. The summed E-state index contributed by atoms with van der Waals surface area (Å²) in [5, 5.41) is 17.9. The predicted octanol–water partition coefficient (Wildman–Crippen LogP) is 2.35. The van der Waals surface area contributed by atoms with Gasteiger partial charge in [0.05, 0.1) is 17.2 Å². The number of hydrogen-bond donors (Lipinski definition) is 2. The molecule has 0 atom stereocenters. The summed E-state index contributed by atoms with van der Waals surface area (Å²) in [5.41, 5.74) is -1.03. The summed E-state index contributed by atoms with van der Waals surface area (Å²) in [4.78, 5) is 3.90. The standard InChI is InChI=1S/C12H10F3N5/c13-12(14,15)10-5-9(2-1-8(10)6-16)17-4-3-11-18-7-19-20-11/h1-2,5,7,17H,3-4H2,(H,18,19,20). The van der Waals surface area contributed by atoms with Gasteiger partial charge in [0.1, 0.15) is 12.2 Å². The number of aromatic amines is 1. The minimum Gasteiger partial charge on any atom is -0.385 e. The van der Waals surface area contributed by atoms with Crippen molar-refractivity contribution >= 4 is 5.69 Å². The minimum absolute atomic E-state index is 0.302. The number of nitriles is 1. The van der Waals surface area contributed by atoms with Crippen molar-refractivity contribution in [1.29, 1.82) is 5.26 Å². The lowest BCUT2D eigenvalue weighted by Gasteiger charge is -2.11. The molecule has 0 unspecified atom stereocenters. The van der Waals surface area contributed by atoms with Crippen LogP contribution in [0.25, 0.3) is 0 Å². The summed E-state index contributed by atoms with van der Waals surface area (Å²) in [6.45, 7) is 0.401. The van der Waals surface area contributed by atoms with Crippen molar-refractivity contribution < 1.29 is 13.2 Å². The molecule has 1 heterocycles. The monoisotopic (exact) mass is 281 g/mol. The van der Waals surface area contributed by atoms with E-state index in [1.165, 1.54) is 18.5 Å². The van der Waals surface area contributed by atoms with Gasteiger partial charge >= 0.3 is 6.18 Å². The third-order valence-corrected chi connectivity index (χ3v) is 2.60. The second-order valence-electron chi connectivity index (χ2n) is 3.98. The van der Waals surface area contributed by atoms with E-state index in [4.69, 9.17) is 5.26 Å². The van der Waals surface area contributed by atoms with Gasteiger partial charge < -0.3 is 5.32 Å². The lowest BCUT2D eigenvalue weighted by Crippen LogP contribution is -2.10. The number of nitrogens with zero attached hydrogens (tertiary/aromatic N) is 3. The van der Waals surface area contributed by atoms with Crippen LogP contribution in [0.3, 0.4) is 0 Å². The zero-order valence-electron chi connectivity index (χ0n) is 10.2. The number of alkyl halides is 3. The number of benzene rings is 1. The third kappa shape index (κ3) is 3.26. The first kappa shape index (κ1) is 13.9. The lowest BCUT2D eigenvalue weighted by molar-refractivity contribution is -0.137. The van der Waals surface area contributed by atoms with Crippen LogP contribution in [0.2, 0.25) is 0 Å². The van der Waals surface area contributed by atoms with E-state index in [2.05, 4.69) is 20.5 Å². The Bertz CT molecular complexity index is 613. The molecule has 0 amide bonds. The highest BCUT2D eigenvalue weighted by Gasteiger charge is 2.33. The first-order valence-electron chi connectivity index (χ1n) is 5.70. The molecular formula is C12H10F3N5. The molecule has 0 spiro atoms. The molecule has 0 radical (unpaired) electrons. The van der Waals surface area contributed by atoms with Crippen LogP contribution in [-0.2, 0) is 12.6 Å². The van der Waals surface area contributed by atoms with Crippen molar-refractivity contribution in [2.45, 2.75) is 12.6 Å². The summed E-state index contributed by atoms with van der Waals surface area (Å²) in [5.74, 6) is 0.641. The quantitative estimate of drug-likeness (QED) is 0.901. The van der Waals surface area contributed by atoms with Crippen LogP contribution < -0.4 is 5.32 Å². The summed E-state index contributed by atoms with van der Waals surface area (Å²) in [6, 6.07) is 5.06. The zero-order chi connectivity index (χ0) is 14.6. The average Bonchev–Trinajstić information content (AvgIpc) is 2.91. The van der Waals surface area contributed by atoms with E-state index in [0.717, 1.165) is 12.1 Å². The first-order valence-corrected chi connectivity index (χ1v) is 5.70. The lowest BCUT2D eigenvalue weighted by atomic mass is 10.1. The minimum atomic E-state index is -4.55. The van der Waals surface area contributed by atoms with Gasteiger partial charge in [0.25, 0.3) is 0 Å². The summed E-state index contributed by atoms with van der Waals surface area (Å²) in [6.07, 6.45) is -2.69. The second-order valence-corrected chi connectivity index (χ2v) is 3.98. The van der Waals surface area contributed by atoms with Gasteiger partial charge in [-0.2, -0.15) is 23.5 Å². The van der Waals surface area contributed by atoms with E-state index < -0.39 is 17.3 Å². The van der Waals surface area contributed by atoms with Gasteiger partial charge in [0, 0.05) is 18.7 Å². The molecule has 0 saturated carbocycles. The van der Waals surface area contributed by atoms with E-state index in [9.17, 15) is 13.2 Å². The summed E-state index contributed by atoms with van der Waals surface area (Å²) in [7, 11) is 0. The molecule has 2 N–H and O–H groups in total. The Labute approximate surface area is 112 Å². The highest BCUT2D eigenvalue weighted by Crippen LogP contribution is 2.33. The Morgan fingerprint density at radius 2 is 2.15 bits per heavy atom. The fourth-order valence-electron chi connectivity index (χ4n) is 1.66. The van der Waals surface area contributed by atoms with Gasteiger partial charge in [-0.05, 0) is 18.2 Å². The molecular weight excluding hydrogens is 271 g/mol. The van der Waals surface area contributed by atoms with Crippen LogP contribution in [0.1, 0.15) is 17.0 Å². The van der Waals surface area contributed by atoms with E-state index in [1.54, 1.807) is 0 Å². The molecule has 0 bridgehead atoms. The van der Waals surface area contributed by atoms with Gasteiger partial charge in [-0.15, -0.1) is 0 Å². The molecule has 1 aromatic carbocycles. The van der Waals surface area contributed by atoms with E-state index in [1.807, 2.05) is 0 Å². The van der Waals surface area contributed by atoms with Crippen molar-refractivity contribution in [2.75, 3.05) is 11.9 Å². The third-order valence-electron chi connectivity index (χ3n) is 2.60. The topological polar surface area (TPSA) is 77.4 Å². The Balaban J connectivity index is 2.07. The number of hydrogen-bond acceptors (Lipinski definition) is 4. The van der Waals surface area contributed by atoms with Crippen molar-refractivity contribution in [1.82, 2.24) is 15.2 Å². The average molecular weight is 281 g/mol. The molecule has 0 aliphatic rings. The van der Waals surface area contributed by atoms with Gasteiger partial charge in [-0.1, -0.05) is 0 Å². The highest BCUT2D eigenvalue weighted by atomic mass is 19.4. The number of aromatic nitrogens is 3. The number of H-pyrrole nitrogens is 1. The molecule has 2 rings (SSSR count). The smallest absolute Gasteiger partial charge is 0.385 e. The molecule has 5 nitrogen and oxygen atoms in total. The van der Waals surface area contributed by atoms with Gasteiger partial charge in [0.2, 0.25) is 0 Å². The van der Waals surface area contributed by atoms with E-state index in [-0.39, 0.29) is 0 Å². The van der Waals surface area contributed by atoms with Crippen LogP contribution in [0.5, 0.6) is 0 Å². The molecule has 0 fully saturated rings. The largest absolute Gasteiger partial charge is 0.417 e. The maximum atomic E-state index is 12.8. The Morgan fingerprint density at radius 1 is 1.35 bits per heavy atom. The molecule has 0 aliphatic carbocycles. The number of halogens is 3. The van der Waals surface area contributed by atoms with Crippen LogP contribution in [-0.4, -0.2) is 21.7 Å². The molecule has 2 aromatic rings. The zero-order valence-corrected chi connectivity index (χ0v) is 10.2. The van der Waals surface area contributed by atoms with Gasteiger partial charge in [-0.3, -0.25) is 5.10 Å². The first-order chi connectivity index (χ1) is 9.50. The van der Waals surface area contributed by atoms with Gasteiger partial charge in [0.15, 0.2) is 0 Å². The van der Waals surface area contributed by atoms with Gasteiger partial charge in [-0.25, -0.2) is 4.98 Å². The fraction of sp³-hybridized carbons (Fsp3) is 0.250. The summed E-state index contributed by atoms with van der Waals surface area (Å²) >= 11 is 0. The fourth-order valence-corrected chi connectivity index (χ4v) is 1.66. The second kappa shape index (κ2) is 5.61. The maximum Gasteiger partial charge on any atom is 0.417 e. The number of nitrogens with one attached hydrogen (secondary N) is 2. The van der Waals surface area contributed by atoms with Crippen molar-refractivity contribution in [2.24, 2.45) is 0 Å².